The maximum atomic E-state index is 10.9. The molecule has 1 heterocycles. The molecule has 2 rings (SSSR count). The van der Waals surface area contributed by atoms with E-state index < -0.39 is 11.9 Å². The minimum atomic E-state index is -1.12. The molecule has 1 N–H and O–H groups in total. The molecule has 0 spiro atoms. The first-order valence-corrected chi connectivity index (χ1v) is 4.94. The number of carboxylic acid groups (broad SMARTS) is 1. The van der Waals surface area contributed by atoms with Crippen LogP contribution >= 0.6 is 0 Å². The number of rotatable bonds is 2. The summed E-state index contributed by atoms with van der Waals surface area (Å²) in [5.74, 6) is -1.32. The largest absolute Gasteiger partial charge is 0.475 e. The van der Waals surface area contributed by atoms with Crippen molar-refractivity contribution in [3.8, 4) is 5.75 Å². The van der Waals surface area contributed by atoms with E-state index in [1.807, 2.05) is 0 Å². The molecule has 0 saturated heterocycles. The topological polar surface area (TPSA) is 76.7 Å². The molecule has 0 fully saturated rings. The van der Waals surface area contributed by atoms with Crippen LogP contribution in [0.5, 0.6) is 5.75 Å². The van der Waals surface area contributed by atoms with Crippen LogP contribution in [0.15, 0.2) is 22.6 Å². The van der Waals surface area contributed by atoms with Crippen LogP contribution in [0.3, 0.4) is 0 Å². The van der Waals surface area contributed by atoms with Crippen molar-refractivity contribution in [2.45, 2.75) is 13.8 Å². The van der Waals surface area contributed by atoms with Crippen molar-refractivity contribution in [2.75, 3.05) is 0 Å². The lowest BCUT2D eigenvalue weighted by Gasteiger charge is -1.99. The Kier molecular flexibility index (Phi) is 2.59. The Hall–Kier alpha value is -2.30. The lowest BCUT2D eigenvalue weighted by molar-refractivity contribution is -0.131. The third-order valence-corrected chi connectivity index (χ3v) is 2.37. The predicted molar refractivity (Wildman–Crippen MR) is 59.2 cm³/mol. The SMILES string of the molecule is CC(=O)Oc1ccc2c(C)c(C(=O)O)oc2c1. The van der Waals surface area contributed by atoms with E-state index in [1.54, 1.807) is 19.1 Å². The highest BCUT2D eigenvalue weighted by molar-refractivity contribution is 5.95. The Morgan fingerprint density at radius 1 is 1.35 bits per heavy atom. The molecule has 5 nitrogen and oxygen atoms in total. The third-order valence-electron chi connectivity index (χ3n) is 2.37. The van der Waals surface area contributed by atoms with Crippen LogP contribution in [-0.2, 0) is 4.79 Å². The van der Waals surface area contributed by atoms with Gasteiger partial charge < -0.3 is 14.3 Å². The highest BCUT2D eigenvalue weighted by Crippen LogP contribution is 2.28. The lowest BCUT2D eigenvalue weighted by atomic mass is 10.1. The van der Waals surface area contributed by atoms with E-state index in [0.29, 0.717) is 22.3 Å². The number of hydrogen-bond acceptors (Lipinski definition) is 4. The predicted octanol–water partition coefficient (Wildman–Crippen LogP) is 2.36. The average molecular weight is 234 g/mol. The molecule has 0 amide bonds. The van der Waals surface area contributed by atoms with Gasteiger partial charge >= 0.3 is 11.9 Å². The number of ether oxygens (including phenoxy) is 1. The summed E-state index contributed by atoms with van der Waals surface area (Å²) in [7, 11) is 0. The van der Waals surface area contributed by atoms with Gasteiger partial charge in [0.2, 0.25) is 5.76 Å². The third kappa shape index (κ3) is 1.99. The van der Waals surface area contributed by atoms with Crippen LogP contribution in [0, 0.1) is 6.92 Å². The standard InChI is InChI=1S/C12H10O5/c1-6-9-4-3-8(16-7(2)13)5-10(9)17-11(6)12(14)15/h3-5H,1-2H3,(H,14,15). The fourth-order valence-electron chi connectivity index (χ4n) is 1.64. The van der Waals surface area contributed by atoms with Crippen LogP contribution in [0.4, 0.5) is 0 Å². The monoisotopic (exact) mass is 234 g/mol. The summed E-state index contributed by atoms with van der Waals surface area (Å²) in [6, 6.07) is 4.76. The van der Waals surface area contributed by atoms with E-state index in [1.165, 1.54) is 13.0 Å². The van der Waals surface area contributed by atoms with Crippen LogP contribution < -0.4 is 4.74 Å². The van der Waals surface area contributed by atoms with Crippen molar-refractivity contribution >= 4 is 22.9 Å². The molecule has 0 bridgehead atoms. The number of fused-ring (bicyclic) bond motifs is 1. The molecule has 17 heavy (non-hydrogen) atoms. The van der Waals surface area contributed by atoms with Gasteiger partial charge in [-0.3, -0.25) is 4.79 Å². The van der Waals surface area contributed by atoms with Gasteiger partial charge in [-0.1, -0.05) is 0 Å². The second-order valence-corrected chi connectivity index (χ2v) is 3.61. The molecule has 1 aromatic heterocycles. The van der Waals surface area contributed by atoms with E-state index in [-0.39, 0.29) is 5.76 Å². The molecule has 0 atom stereocenters. The fraction of sp³-hybridized carbons (Fsp3) is 0.167. The van der Waals surface area contributed by atoms with Gasteiger partial charge in [-0.25, -0.2) is 4.79 Å². The van der Waals surface area contributed by atoms with E-state index in [4.69, 9.17) is 14.3 Å². The summed E-state index contributed by atoms with van der Waals surface area (Å²) >= 11 is 0. The molecule has 0 radical (unpaired) electrons. The molecule has 0 aliphatic heterocycles. The molecule has 0 aliphatic rings. The Labute approximate surface area is 96.6 Å². The number of carbonyl (C=O) groups is 2. The van der Waals surface area contributed by atoms with Crippen LogP contribution in [0.1, 0.15) is 23.0 Å². The molecule has 88 valence electrons. The Balaban J connectivity index is 2.55. The summed E-state index contributed by atoms with van der Waals surface area (Å²) in [6.45, 7) is 2.96. The highest BCUT2D eigenvalue weighted by atomic mass is 16.5. The first kappa shape index (κ1) is 11.2. The molecular weight excluding hydrogens is 224 g/mol. The number of esters is 1. The van der Waals surface area contributed by atoms with E-state index in [9.17, 15) is 9.59 Å². The molecule has 0 unspecified atom stereocenters. The number of aryl methyl sites for hydroxylation is 1. The quantitative estimate of drug-likeness (QED) is 0.637. The van der Waals surface area contributed by atoms with Gasteiger partial charge in [-0.05, 0) is 19.1 Å². The van der Waals surface area contributed by atoms with Crippen LogP contribution in [-0.4, -0.2) is 17.0 Å². The molecule has 2 aromatic rings. The zero-order valence-corrected chi connectivity index (χ0v) is 9.31. The van der Waals surface area contributed by atoms with Crippen molar-refractivity contribution in [2.24, 2.45) is 0 Å². The first-order valence-electron chi connectivity index (χ1n) is 4.94. The lowest BCUT2D eigenvalue weighted by Crippen LogP contribution is -2.00. The molecular formula is C12H10O5. The summed E-state index contributed by atoms with van der Waals surface area (Å²) < 4.78 is 10.1. The number of carbonyl (C=O) groups excluding carboxylic acids is 1. The van der Waals surface area contributed by atoms with E-state index in [2.05, 4.69) is 0 Å². The summed E-state index contributed by atoms with van der Waals surface area (Å²) in [6.07, 6.45) is 0. The minimum absolute atomic E-state index is 0.0972. The van der Waals surface area contributed by atoms with Crippen molar-refractivity contribution in [1.82, 2.24) is 0 Å². The smallest absolute Gasteiger partial charge is 0.372 e. The zero-order valence-electron chi connectivity index (χ0n) is 9.31. The summed E-state index contributed by atoms with van der Waals surface area (Å²) in [4.78, 5) is 21.7. The average Bonchev–Trinajstić information content (AvgIpc) is 2.55. The summed E-state index contributed by atoms with van der Waals surface area (Å²) in [5.41, 5.74) is 0.945. The highest BCUT2D eigenvalue weighted by Gasteiger charge is 2.16. The Bertz CT molecular complexity index is 609. The minimum Gasteiger partial charge on any atom is -0.475 e. The Morgan fingerprint density at radius 3 is 2.65 bits per heavy atom. The second-order valence-electron chi connectivity index (χ2n) is 3.61. The van der Waals surface area contributed by atoms with Crippen molar-refractivity contribution in [3.63, 3.8) is 0 Å². The van der Waals surface area contributed by atoms with Crippen molar-refractivity contribution in [1.29, 1.82) is 0 Å². The van der Waals surface area contributed by atoms with Gasteiger partial charge in [0, 0.05) is 23.9 Å². The van der Waals surface area contributed by atoms with Gasteiger partial charge in [0.25, 0.3) is 0 Å². The van der Waals surface area contributed by atoms with E-state index in [0.717, 1.165) is 0 Å². The Morgan fingerprint density at radius 2 is 2.06 bits per heavy atom. The van der Waals surface area contributed by atoms with Crippen molar-refractivity contribution in [3.05, 3.63) is 29.5 Å². The molecule has 1 aromatic carbocycles. The first-order chi connectivity index (χ1) is 7.99. The maximum Gasteiger partial charge on any atom is 0.372 e. The van der Waals surface area contributed by atoms with Gasteiger partial charge in [0.1, 0.15) is 11.3 Å². The molecule has 0 aliphatic carbocycles. The fourth-order valence-corrected chi connectivity index (χ4v) is 1.64. The number of hydrogen-bond donors (Lipinski definition) is 1. The number of benzene rings is 1. The summed E-state index contributed by atoms with van der Waals surface area (Å²) in [5, 5.41) is 9.60. The maximum absolute atomic E-state index is 10.9. The van der Waals surface area contributed by atoms with Crippen LogP contribution in [0.2, 0.25) is 0 Å². The normalized spacial score (nSPS) is 10.5. The van der Waals surface area contributed by atoms with Gasteiger partial charge in [-0.15, -0.1) is 0 Å². The molecule has 5 heteroatoms. The van der Waals surface area contributed by atoms with Gasteiger partial charge in [-0.2, -0.15) is 0 Å². The van der Waals surface area contributed by atoms with E-state index >= 15 is 0 Å². The molecule has 0 saturated carbocycles. The van der Waals surface area contributed by atoms with Crippen molar-refractivity contribution < 1.29 is 23.8 Å². The van der Waals surface area contributed by atoms with Gasteiger partial charge in [0.05, 0.1) is 0 Å². The van der Waals surface area contributed by atoms with Crippen LogP contribution in [0.25, 0.3) is 11.0 Å². The number of aromatic carboxylic acids is 1. The zero-order chi connectivity index (χ0) is 12.6. The number of carboxylic acids is 1. The number of furan rings is 1. The van der Waals surface area contributed by atoms with Gasteiger partial charge in [0.15, 0.2) is 0 Å². The second kappa shape index (κ2) is 3.93.